The minimum absolute atomic E-state index is 0.0740. The van der Waals surface area contributed by atoms with E-state index in [1.807, 2.05) is 74.5 Å². The van der Waals surface area contributed by atoms with Crippen molar-refractivity contribution in [3.05, 3.63) is 76.8 Å². The Morgan fingerprint density at radius 2 is 1.76 bits per heavy atom. The van der Waals surface area contributed by atoms with Gasteiger partial charge in [-0.1, -0.05) is 35.9 Å². The average molecular weight is 483 g/mol. The van der Waals surface area contributed by atoms with Gasteiger partial charge in [0.05, 0.1) is 26.9 Å². The molecule has 0 aliphatic carbocycles. The van der Waals surface area contributed by atoms with E-state index in [4.69, 9.17) is 30.5 Å². The minimum atomic E-state index is -0.205. The van der Waals surface area contributed by atoms with Gasteiger partial charge in [0.25, 0.3) is 0 Å². The van der Waals surface area contributed by atoms with E-state index in [0.717, 1.165) is 39.5 Å². The molecule has 0 amide bonds. The van der Waals surface area contributed by atoms with E-state index in [-0.39, 0.29) is 12.1 Å². The molecule has 1 atom stereocenters. The maximum atomic E-state index is 11.4. The van der Waals surface area contributed by atoms with Crippen molar-refractivity contribution in [1.29, 1.82) is 0 Å². The number of halogens is 1. The third-order valence-electron chi connectivity index (χ3n) is 5.60. The quantitative estimate of drug-likeness (QED) is 0.286. The van der Waals surface area contributed by atoms with Crippen molar-refractivity contribution in [2.75, 3.05) is 20.8 Å². The van der Waals surface area contributed by atoms with E-state index >= 15 is 0 Å². The molecule has 3 aromatic rings. The maximum absolute atomic E-state index is 11.4. The molecule has 0 radical (unpaired) electrons. The van der Waals surface area contributed by atoms with Gasteiger partial charge in [-0.15, -0.1) is 0 Å². The first kappa shape index (κ1) is 25.4. The van der Waals surface area contributed by atoms with Crippen molar-refractivity contribution in [1.82, 2.24) is 0 Å². The summed E-state index contributed by atoms with van der Waals surface area (Å²) in [6.45, 7) is 4.55. The van der Waals surface area contributed by atoms with Gasteiger partial charge in [0.2, 0.25) is 0 Å². The smallest absolute Gasteiger partial charge is 0.305 e. The minimum Gasteiger partial charge on any atom is -0.496 e. The zero-order valence-corrected chi connectivity index (χ0v) is 20.9. The van der Waals surface area contributed by atoms with Crippen LogP contribution in [0.25, 0.3) is 11.1 Å². The molecule has 0 N–H and O–H groups in total. The summed E-state index contributed by atoms with van der Waals surface area (Å²) in [4.78, 5) is 11.4. The fraction of sp³-hybridized carbons (Fsp3) is 0.321. The first-order chi connectivity index (χ1) is 16.4. The summed E-state index contributed by atoms with van der Waals surface area (Å²) >= 11 is 6.28. The predicted molar refractivity (Wildman–Crippen MR) is 135 cm³/mol. The van der Waals surface area contributed by atoms with Crippen LogP contribution in [0, 0.1) is 6.92 Å². The molecule has 3 rings (SSSR count). The molecule has 34 heavy (non-hydrogen) atoms. The predicted octanol–water partition coefficient (Wildman–Crippen LogP) is 6.67. The van der Waals surface area contributed by atoms with E-state index in [1.54, 1.807) is 7.11 Å². The van der Waals surface area contributed by atoms with Gasteiger partial charge in [0.15, 0.2) is 0 Å². The molecule has 0 fully saturated rings. The lowest BCUT2D eigenvalue weighted by Crippen LogP contribution is -2.16. The third-order valence-corrected chi connectivity index (χ3v) is 5.84. The van der Waals surface area contributed by atoms with Crippen LogP contribution in [0.2, 0.25) is 5.02 Å². The lowest BCUT2D eigenvalue weighted by molar-refractivity contribution is -0.140. The number of hydrogen-bond donors (Lipinski definition) is 0. The number of para-hydroxylation sites is 1. The van der Waals surface area contributed by atoms with Gasteiger partial charge in [-0.25, -0.2) is 0 Å². The Labute approximate surface area is 206 Å². The van der Waals surface area contributed by atoms with Crippen LogP contribution in [0.3, 0.4) is 0 Å². The molecule has 0 aromatic heterocycles. The van der Waals surface area contributed by atoms with Crippen LogP contribution in [0.4, 0.5) is 0 Å². The van der Waals surface area contributed by atoms with Gasteiger partial charge in [-0.2, -0.15) is 0 Å². The molecular weight excluding hydrogens is 452 g/mol. The Morgan fingerprint density at radius 1 is 0.971 bits per heavy atom. The number of hydrogen-bond acceptors (Lipinski definition) is 5. The van der Waals surface area contributed by atoms with Gasteiger partial charge >= 0.3 is 5.97 Å². The Hall–Kier alpha value is -3.18. The number of carbonyl (C=O) groups is 1. The van der Waals surface area contributed by atoms with Gasteiger partial charge < -0.3 is 18.9 Å². The van der Waals surface area contributed by atoms with E-state index in [2.05, 4.69) is 0 Å². The number of ether oxygens (including phenoxy) is 4. The molecule has 0 aliphatic heterocycles. The van der Waals surface area contributed by atoms with Gasteiger partial charge in [-0.3, -0.25) is 4.79 Å². The fourth-order valence-corrected chi connectivity index (χ4v) is 3.85. The standard InChI is InChI=1S/C28H31ClO5/c1-19-17-23(12-9-21(19)10-14-28(30)32-4)33-16-15-20(2)34-27-13-11-22(29)18-25(27)24-7-5-6-8-26(24)31-3/h5-9,11-13,17-18,20H,10,14-16H2,1-4H3/t20-/m1/s1. The van der Waals surface area contributed by atoms with E-state index in [9.17, 15) is 4.79 Å². The zero-order chi connectivity index (χ0) is 24.5. The first-order valence-corrected chi connectivity index (χ1v) is 11.7. The topological polar surface area (TPSA) is 54.0 Å². The van der Waals surface area contributed by atoms with Crippen LogP contribution in [0.5, 0.6) is 17.2 Å². The normalized spacial score (nSPS) is 11.6. The molecule has 0 bridgehead atoms. The maximum Gasteiger partial charge on any atom is 0.305 e. The molecule has 0 spiro atoms. The fourth-order valence-electron chi connectivity index (χ4n) is 3.68. The van der Waals surface area contributed by atoms with Crippen LogP contribution >= 0.6 is 11.6 Å². The van der Waals surface area contributed by atoms with Crippen molar-refractivity contribution in [3.63, 3.8) is 0 Å². The van der Waals surface area contributed by atoms with Crippen molar-refractivity contribution in [2.24, 2.45) is 0 Å². The Kier molecular flexibility index (Phi) is 9.23. The Balaban J connectivity index is 1.59. The van der Waals surface area contributed by atoms with Crippen LogP contribution in [0.15, 0.2) is 60.7 Å². The number of rotatable bonds is 11. The largest absolute Gasteiger partial charge is 0.496 e. The Bertz CT molecular complexity index is 1110. The number of esters is 1. The summed E-state index contributed by atoms with van der Waals surface area (Å²) in [7, 11) is 3.06. The van der Waals surface area contributed by atoms with Crippen LogP contribution in [-0.2, 0) is 16.0 Å². The number of benzene rings is 3. The lowest BCUT2D eigenvalue weighted by Gasteiger charge is -2.19. The van der Waals surface area contributed by atoms with E-state index in [0.29, 0.717) is 30.9 Å². The molecule has 0 unspecified atom stereocenters. The monoisotopic (exact) mass is 482 g/mol. The van der Waals surface area contributed by atoms with Crippen molar-refractivity contribution < 1.29 is 23.7 Å². The van der Waals surface area contributed by atoms with Crippen molar-refractivity contribution >= 4 is 17.6 Å². The Morgan fingerprint density at radius 3 is 2.50 bits per heavy atom. The second kappa shape index (κ2) is 12.3. The van der Waals surface area contributed by atoms with Gasteiger partial charge in [0, 0.05) is 29.0 Å². The average Bonchev–Trinajstić information content (AvgIpc) is 2.84. The van der Waals surface area contributed by atoms with E-state index in [1.165, 1.54) is 7.11 Å². The highest BCUT2D eigenvalue weighted by Gasteiger charge is 2.15. The second-order valence-corrected chi connectivity index (χ2v) is 8.51. The molecule has 180 valence electrons. The van der Waals surface area contributed by atoms with Gasteiger partial charge in [0.1, 0.15) is 17.2 Å². The van der Waals surface area contributed by atoms with Crippen LogP contribution in [0.1, 0.15) is 30.9 Å². The summed E-state index contributed by atoms with van der Waals surface area (Å²) < 4.78 is 22.5. The molecule has 5 nitrogen and oxygen atoms in total. The zero-order valence-electron chi connectivity index (χ0n) is 20.1. The molecular formula is C28H31ClO5. The molecule has 0 aliphatic rings. The SMILES string of the molecule is COC(=O)CCc1ccc(OCC[C@@H](C)Oc2ccc(Cl)cc2-c2ccccc2OC)cc1C. The molecule has 0 saturated heterocycles. The lowest BCUT2D eigenvalue weighted by atomic mass is 10.0. The number of methoxy groups -OCH3 is 2. The van der Waals surface area contributed by atoms with Crippen LogP contribution in [-0.4, -0.2) is 32.9 Å². The van der Waals surface area contributed by atoms with Crippen LogP contribution < -0.4 is 14.2 Å². The second-order valence-electron chi connectivity index (χ2n) is 8.07. The highest BCUT2D eigenvalue weighted by Crippen LogP contribution is 2.38. The van der Waals surface area contributed by atoms with Crippen molar-refractivity contribution in [3.8, 4) is 28.4 Å². The molecule has 3 aromatic carbocycles. The number of carbonyl (C=O) groups excluding carboxylic acids is 1. The third kappa shape index (κ3) is 6.91. The highest BCUT2D eigenvalue weighted by atomic mass is 35.5. The summed E-state index contributed by atoms with van der Waals surface area (Å²) in [6, 6.07) is 19.3. The summed E-state index contributed by atoms with van der Waals surface area (Å²) in [5, 5.41) is 0.634. The van der Waals surface area contributed by atoms with E-state index < -0.39 is 0 Å². The molecule has 0 saturated carbocycles. The van der Waals surface area contributed by atoms with Gasteiger partial charge in [-0.05, 0) is 67.8 Å². The summed E-state index contributed by atoms with van der Waals surface area (Å²) in [6.07, 6.45) is 1.65. The summed E-state index contributed by atoms with van der Waals surface area (Å²) in [5.74, 6) is 2.10. The molecule has 6 heteroatoms. The first-order valence-electron chi connectivity index (χ1n) is 11.3. The number of aryl methyl sites for hydroxylation is 2. The van der Waals surface area contributed by atoms with Crippen molar-refractivity contribution in [2.45, 2.75) is 39.2 Å². The summed E-state index contributed by atoms with van der Waals surface area (Å²) in [5.41, 5.74) is 4.01. The highest BCUT2D eigenvalue weighted by molar-refractivity contribution is 6.31. The molecule has 0 heterocycles.